The minimum absolute atomic E-state index is 0.548. The molecule has 1 aromatic heterocycles. The van der Waals surface area contributed by atoms with Crippen LogP contribution in [0.2, 0.25) is 0 Å². The molecule has 0 saturated heterocycles. The van der Waals surface area contributed by atoms with Crippen molar-refractivity contribution in [2.45, 2.75) is 19.9 Å². The van der Waals surface area contributed by atoms with Crippen LogP contribution in [0.1, 0.15) is 16.8 Å². The van der Waals surface area contributed by atoms with Gasteiger partial charge in [-0.2, -0.15) is 0 Å². The van der Waals surface area contributed by atoms with Crippen molar-refractivity contribution in [1.29, 1.82) is 0 Å². The lowest BCUT2D eigenvalue weighted by Gasteiger charge is -2.19. The Bertz CT molecular complexity index is 523. The Morgan fingerprint density at radius 2 is 1.84 bits per heavy atom. The van der Waals surface area contributed by atoms with E-state index in [1.165, 1.54) is 5.56 Å². The van der Waals surface area contributed by atoms with Crippen molar-refractivity contribution >= 4 is 5.82 Å². The molecular formula is C16H21N3. The molecule has 0 aliphatic heterocycles. The number of aryl methyl sites for hydroxylation is 1. The highest BCUT2D eigenvalue weighted by Crippen LogP contribution is 2.14. The molecule has 0 radical (unpaired) electrons. The molecule has 19 heavy (non-hydrogen) atoms. The van der Waals surface area contributed by atoms with Crippen LogP contribution in [0.15, 0.2) is 42.5 Å². The molecule has 0 bridgehead atoms. The summed E-state index contributed by atoms with van der Waals surface area (Å²) in [7, 11) is 2.08. The minimum atomic E-state index is 0.548. The van der Waals surface area contributed by atoms with Crippen molar-refractivity contribution in [3.63, 3.8) is 0 Å². The third kappa shape index (κ3) is 3.55. The number of rotatable bonds is 5. The maximum absolute atomic E-state index is 5.66. The molecular weight excluding hydrogens is 234 g/mol. The first-order chi connectivity index (χ1) is 9.20. The maximum atomic E-state index is 5.66. The van der Waals surface area contributed by atoms with E-state index in [1.54, 1.807) is 0 Å². The first-order valence-corrected chi connectivity index (χ1v) is 6.62. The largest absolute Gasteiger partial charge is 0.359 e. The summed E-state index contributed by atoms with van der Waals surface area (Å²) < 4.78 is 0. The minimum Gasteiger partial charge on any atom is -0.359 e. The Hall–Kier alpha value is -1.87. The second-order valence-corrected chi connectivity index (χ2v) is 4.78. The van der Waals surface area contributed by atoms with Gasteiger partial charge in [-0.1, -0.05) is 36.4 Å². The summed E-state index contributed by atoms with van der Waals surface area (Å²) >= 11 is 0. The molecule has 3 nitrogen and oxygen atoms in total. The number of anilines is 1. The van der Waals surface area contributed by atoms with Crippen molar-refractivity contribution in [1.82, 2.24) is 4.98 Å². The molecule has 2 rings (SSSR count). The number of aromatic nitrogens is 1. The summed E-state index contributed by atoms with van der Waals surface area (Å²) in [6.07, 6.45) is 1.02. The van der Waals surface area contributed by atoms with Gasteiger partial charge in [-0.05, 0) is 30.5 Å². The Morgan fingerprint density at radius 1 is 1.11 bits per heavy atom. The summed E-state index contributed by atoms with van der Waals surface area (Å²) in [6.45, 7) is 3.52. The van der Waals surface area contributed by atoms with E-state index in [1.807, 2.05) is 19.1 Å². The van der Waals surface area contributed by atoms with Crippen LogP contribution in [0.3, 0.4) is 0 Å². The number of likely N-dealkylation sites (N-methyl/N-ethyl adjacent to an activating group) is 1. The number of benzene rings is 1. The molecule has 0 unspecified atom stereocenters. The number of hydrogen-bond donors (Lipinski definition) is 1. The second-order valence-electron chi connectivity index (χ2n) is 4.78. The highest BCUT2D eigenvalue weighted by atomic mass is 15.2. The predicted octanol–water partition coefficient (Wildman–Crippen LogP) is 2.53. The van der Waals surface area contributed by atoms with Crippen LogP contribution >= 0.6 is 0 Å². The van der Waals surface area contributed by atoms with Gasteiger partial charge < -0.3 is 10.6 Å². The van der Waals surface area contributed by atoms with Gasteiger partial charge >= 0.3 is 0 Å². The van der Waals surface area contributed by atoms with E-state index in [4.69, 9.17) is 5.73 Å². The Kier molecular flexibility index (Phi) is 4.53. The van der Waals surface area contributed by atoms with E-state index in [2.05, 4.69) is 47.3 Å². The highest BCUT2D eigenvalue weighted by Gasteiger charge is 2.05. The van der Waals surface area contributed by atoms with E-state index >= 15 is 0 Å². The van der Waals surface area contributed by atoms with Crippen molar-refractivity contribution in [2.24, 2.45) is 5.73 Å². The number of pyridine rings is 1. The van der Waals surface area contributed by atoms with Gasteiger partial charge in [-0.25, -0.2) is 4.98 Å². The van der Waals surface area contributed by atoms with Gasteiger partial charge in [0.25, 0.3) is 0 Å². The summed E-state index contributed by atoms with van der Waals surface area (Å²) in [4.78, 5) is 6.78. The van der Waals surface area contributed by atoms with Crippen LogP contribution in [0.25, 0.3) is 0 Å². The third-order valence-corrected chi connectivity index (χ3v) is 3.37. The molecule has 2 aromatic rings. The lowest BCUT2D eigenvalue weighted by molar-refractivity contribution is 0.852. The van der Waals surface area contributed by atoms with Gasteiger partial charge in [0, 0.05) is 25.8 Å². The molecule has 0 atom stereocenters. The zero-order chi connectivity index (χ0) is 13.7. The monoisotopic (exact) mass is 255 g/mol. The Labute approximate surface area is 115 Å². The van der Waals surface area contributed by atoms with E-state index in [0.717, 1.165) is 30.0 Å². The zero-order valence-corrected chi connectivity index (χ0v) is 11.6. The zero-order valence-electron chi connectivity index (χ0n) is 11.6. The summed E-state index contributed by atoms with van der Waals surface area (Å²) in [5.41, 5.74) is 9.14. The third-order valence-electron chi connectivity index (χ3n) is 3.37. The fourth-order valence-electron chi connectivity index (χ4n) is 2.06. The van der Waals surface area contributed by atoms with Crippen molar-refractivity contribution in [3.05, 3.63) is 59.3 Å². The molecule has 0 spiro atoms. The quantitative estimate of drug-likeness (QED) is 0.892. The van der Waals surface area contributed by atoms with Gasteiger partial charge in [0.1, 0.15) is 5.82 Å². The molecule has 0 fully saturated rings. The van der Waals surface area contributed by atoms with Gasteiger partial charge in [-0.15, -0.1) is 0 Å². The SMILES string of the molecule is Cc1nc(N(C)CCc2ccccc2)ccc1CN. The number of nitrogens with zero attached hydrogens (tertiary/aromatic N) is 2. The Balaban J connectivity index is 2.00. The number of nitrogens with two attached hydrogens (primary N) is 1. The van der Waals surface area contributed by atoms with Crippen LogP contribution in [0.4, 0.5) is 5.82 Å². The smallest absolute Gasteiger partial charge is 0.128 e. The molecule has 0 aliphatic carbocycles. The summed E-state index contributed by atoms with van der Waals surface area (Å²) in [6, 6.07) is 14.6. The first-order valence-electron chi connectivity index (χ1n) is 6.62. The van der Waals surface area contributed by atoms with Crippen molar-refractivity contribution in [2.75, 3.05) is 18.5 Å². The summed E-state index contributed by atoms with van der Waals surface area (Å²) in [5, 5.41) is 0. The molecule has 0 aliphatic rings. The van der Waals surface area contributed by atoms with E-state index in [0.29, 0.717) is 6.54 Å². The molecule has 100 valence electrons. The molecule has 2 N–H and O–H groups in total. The van der Waals surface area contributed by atoms with Gasteiger partial charge in [0.2, 0.25) is 0 Å². The summed E-state index contributed by atoms with van der Waals surface area (Å²) in [5.74, 6) is 1.01. The van der Waals surface area contributed by atoms with Crippen molar-refractivity contribution < 1.29 is 0 Å². The first kappa shape index (κ1) is 13.6. The molecule has 1 aromatic carbocycles. The average Bonchev–Trinajstić information content (AvgIpc) is 2.45. The van der Waals surface area contributed by atoms with Gasteiger partial charge in [0.15, 0.2) is 0 Å². The molecule has 0 saturated carbocycles. The lowest BCUT2D eigenvalue weighted by atomic mass is 10.1. The van der Waals surface area contributed by atoms with Crippen LogP contribution in [0.5, 0.6) is 0 Å². The van der Waals surface area contributed by atoms with Crippen LogP contribution in [-0.2, 0) is 13.0 Å². The highest BCUT2D eigenvalue weighted by molar-refractivity contribution is 5.41. The second kappa shape index (κ2) is 6.34. The molecule has 1 heterocycles. The van der Waals surface area contributed by atoms with Crippen LogP contribution in [0, 0.1) is 6.92 Å². The predicted molar refractivity (Wildman–Crippen MR) is 80.3 cm³/mol. The Morgan fingerprint density at radius 3 is 2.47 bits per heavy atom. The molecule has 0 amide bonds. The van der Waals surface area contributed by atoms with Gasteiger partial charge in [-0.3, -0.25) is 0 Å². The number of hydrogen-bond acceptors (Lipinski definition) is 3. The molecule has 3 heteroatoms. The van der Waals surface area contributed by atoms with Crippen molar-refractivity contribution in [3.8, 4) is 0 Å². The normalized spacial score (nSPS) is 10.5. The van der Waals surface area contributed by atoms with Crippen LogP contribution < -0.4 is 10.6 Å². The van der Waals surface area contributed by atoms with E-state index in [-0.39, 0.29) is 0 Å². The van der Waals surface area contributed by atoms with Gasteiger partial charge in [0.05, 0.1) is 0 Å². The standard InChI is InChI=1S/C16H21N3/c1-13-15(12-17)8-9-16(18-13)19(2)11-10-14-6-4-3-5-7-14/h3-9H,10-12,17H2,1-2H3. The van der Waals surface area contributed by atoms with Crippen LogP contribution in [-0.4, -0.2) is 18.6 Å². The fraction of sp³-hybridized carbons (Fsp3) is 0.312. The fourth-order valence-corrected chi connectivity index (χ4v) is 2.06. The topological polar surface area (TPSA) is 42.2 Å². The van der Waals surface area contributed by atoms with E-state index < -0.39 is 0 Å². The van der Waals surface area contributed by atoms with E-state index in [9.17, 15) is 0 Å². The average molecular weight is 255 g/mol. The lowest BCUT2D eigenvalue weighted by Crippen LogP contribution is -2.22. The maximum Gasteiger partial charge on any atom is 0.128 e.